The van der Waals surface area contributed by atoms with E-state index in [9.17, 15) is 9.59 Å². The number of fused-ring (bicyclic) bond motifs is 2. The number of ketones is 1. The van der Waals surface area contributed by atoms with Crippen LogP contribution in [0.4, 0.5) is 17.1 Å². The number of esters is 1. The summed E-state index contributed by atoms with van der Waals surface area (Å²) in [6.45, 7) is 3.39. The van der Waals surface area contributed by atoms with Gasteiger partial charge in [0.1, 0.15) is 5.78 Å². The second-order valence-corrected chi connectivity index (χ2v) is 7.63. The molecule has 1 heterocycles. The second-order valence-electron chi connectivity index (χ2n) is 7.63. The van der Waals surface area contributed by atoms with Crippen molar-refractivity contribution in [2.24, 2.45) is 0 Å². The zero-order valence-corrected chi connectivity index (χ0v) is 18.1. The van der Waals surface area contributed by atoms with Crippen LogP contribution >= 0.6 is 0 Å². The minimum absolute atomic E-state index is 0.0662. The molecule has 162 valence electrons. The summed E-state index contributed by atoms with van der Waals surface area (Å²) < 4.78 is 5.14. The fourth-order valence-electron chi connectivity index (χ4n) is 3.68. The van der Waals surface area contributed by atoms with Gasteiger partial charge in [-0.2, -0.15) is 0 Å². The van der Waals surface area contributed by atoms with Gasteiger partial charge < -0.3 is 15.4 Å². The van der Waals surface area contributed by atoms with Crippen LogP contribution < -0.4 is 10.6 Å². The zero-order valence-electron chi connectivity index (χ0n) is 18.1. The maximum Gasteiger partial charge on any atom is 0.307 e. The van der Waals surface area contributed by atoms with E-state index >= 15 is 0 Å². The third-order valence-corrected chi connectivity index (χ3v) is 5.10. The Hall–Kier alpha value is -3.93. The number of pyridine rings is 1. The molecule has 0 unspecified atom stereocenters. The minimum Gasteiger partial charge on any atom is -0.444 e. The lowest BCUT2D eigenvalue weighted by atomic mass is 10.1. The van der Waals surface area contributed by atoms with E-state index in [0.717, 1.165) is 44.4 Å². The number of nitrogens with zero attached hydrogens (tertiary/aromatic N) is 1. The van der Waals surface area contributed by atoms with Crippen LogP contribution in [0.25, 0.3) is 21.8 Å². The molecule has 4 rings (SSSR count). The van der Waals surface area contributed by atoms with Crippen LogP contribution in [0.3, 0.4) is 0 Å². The summed E-state index contributed by atoms with van der Waals surface area (Å²) in [5, 5.41) is 8.69. The first-order chi connectivity index (χ1) is 15.5. The van der Waals surface area contributed by atoms with E-state index in [0.29, 0.717) is 12.8 Å². The van der Waals surface area contributed by atoms with Crippen LogP contribution in [-0.2, 0) is 20.7 Å². The maximum atomic E-state index is 11.8. The van der Waals surface area contributed by atoms with Gasteiger partial charge in [-0.1, -0.05) is 43.3 Å². The zero-order chi connectivity index (χ0) is 22.5. The third-order valence-electron chi connectivity index (χ3n) is 5.10. The van der Waals surface area contributed by atoms with Crippen LogP contribution in [-0.4, -0.2) is 23.5 Å². The summed E-state index contributed by atoms with van der Waals surface area (Å²) in [7, 11) is 0. The number of hydrogen-bond donors (Lipinski definition) is 2. The van der Waals surface area contributed by atoms with E-state index in [-0.39, 0.29) is 18.5 Å². The first-order valence-electron chi connectivity index (χ1n) is 10.6. The Morgan fingerprint density at radius 3 is 2.16 bits per heavy atom. The van der Waals surface area contributed by atoms with Gasteiger partial charge in [-0.25, -0.2) is 4.98 Å². The first-order valence-corrected chi connectivity index (χ1v) is 10.6. The van der Waals surface area contributed by atoms with Gasteiger partial charge >= 0.3 is 5.97 Å². The highest BCUT2D eigenvalue weighted by molar-refractivity contribution is 6.08. The molecule has 0 aliphatic heterocycles. The number of carbonyl (C=O) groups excluding carboxylic acids is 2. The van der Waals surface area contributed by atoms with Crippen molar-refractivity contribution in [1.82, 2.24) is 4.98 Å². The van der Waals surface area contributed by atoms with Crippen LogP contribution in [0.1, 0.15) is 25.8 Å². The molecule has 0 amide bonds. The molecule has 0 radical (unpaired) electrons. The predicted molar refractivity (Wildman–Crippen MR) is 128 cm³/mol. The molecule has 0 atom stereocenters. The van der Waals surface area contributed by atoms with Crippen molar-refractivity contribution in [3.63, 3.8) is 0 Å². The summed E-state index contributed by atoms with van der Waals surface area (Å²) >= 11 is 0. The van der Waals surface area contributed by atoms with Crippen molar-refractivity contribution in [1.29, 1.82) is 0 Å². The molecule has 2 N–H and O–H groups in total. The summed E-state index contributed by atoms with van der Waals surface area (Å²) in [5.74, 6) is -0.198. The van der Waals surface area contributed by atoms with Gasteiger partial charge in [0, 0.05) is 35.0 Å². The molecule has 0 saturated carbocycles. The van der Waals surface area contributed by atoms with E-state index in [2.05, 4.69) is 10.6 Å². The van der Waals surface area contributed by atoms with E-state index < -0.39 is 0 Å². The third kappa shape index (κ3) is 4.86. The Morgan fingerprint density at radius 1 is 0.906 bits per heavy atom. The Bertz CT molecular complexity index is 1250. The highest BCUT2D eigenvalue weighted by Gasteiger charge is 2.11. The molecule has 0 spiro atoms. The molecule has 0 saturated heterocycles. The predicted octanol–water partition coefficient (Wildman–Crippen LogP) is 5.59. The molecule has 0 aliphatic carbocycles. The molecule has 32 heavy (non-hydrogen) atoms. The van der Waals surface area contributed by atoms with Gasteiger partial charge in [-0.3, -0.25) is 9.59 Å². The van der Waals surface area contributed by atoms with Crippen LogP contribution in [0.5, 0.6) is 0 Å². The summed E-state index contributed by atoms with van der Waals surface area (Å²) in [6, 6.07) is 21.8. The fraction of sp³-hybridized carbons (Fsp3) is 0.192. The van der Waals surface area contributed by atoms with Crippen LogP contribution in [0, 0.1) is 0 Å². The van der Waals surface area contributed by atoms with Gasteiger partial charge in [0.05, 0.1) is 16.7 Å². The summed E-state index contributed by atoms with van der Waals surface area (Å²) in [4.78, 5) is 28.0. The molecule has 0 fully saturated rings. The first kappa shape index (κ1) is 21.3. The molecule has 1 aromatic heterocycles. The molecule has 0 aliphatic rings. The Labute approximate surface area is 186 Å². The van der Waals surface area contributed by atoms with Crippen molar-refractivity contribution < 1.29 is 14.3 Å². The Morgan fingerprint density at radius 2 is 1.53 bits per heavy atom. The minimum atomic E-state index is -0.273. The number of nitrogens with one attached hydrogen (secondary N) is 2. The largest absolute Gasteiger partial charge is 0.444 e. The summed E-state index contributed by atoms with van der Waals surface area (Å²) in [5.41, 5.74) is 5.22. The maximum absolute atomic E-state index is 11.8. The normalized spacial score (nSPS) is 10.8. The number of hydrogen-bond acceptors (Lipinski definition) is 6. The van der Waals surface area contributed by atoms with E-state index in [4.69, 9.17) is 9.72 Å². The molecular weight excluding hydrogens is 402 g/mol. The highest BCUT2D eigenvalue weighted by Crippen LogP contribution is 2.34. The Balaban J connectivity index is 1.74. The SMILES string of the molecule is CCC(=O)OCNc1cc(CC(C)=O)cc(Nc2c3ccccc3nc3ccccc23)c1. The molecule has 6 heteroatoms. The number of para-hydroxylation sites is 2. The lowest BCUT2D eigenvalue weighted by Gasteiger charge is -2.16. The monoisotopic (exact) mass is 427 g/mol. The van der Waals surface area contributed by atoms with Crippen molar-refractivity contribution in [2.75, 3.05) is 17.4 Å². The topological polar surface area (TPSA) is 80.3 Å². The van der Waals surface area contributed by atoms with E-state index in [1.807, 2.05) is 66.7 Å². The number of aromatic nitrogens is 1. The number of rotatable bonds is 8. The van der Waals surface area contributed by atoms with Gasteiger partial charge in [0.15, 0.2) is 6.73 Å². The lowest BCUT2D eigenvalue weighted by Crippen LogP contribution is -2.12. The highest BCUT2D eigenvalue weighted by atomic mass is 16.5. The number of carbonyl (C=O) groups is 2. The van der Waals surface area contributed by atoms with Gasteiger partial charge in [0.25, 0.3) is 0 Å². The molecule has 3 aromatic carbocycles. The lowest BCUT2D eigenvalue weighted by molar-refractivity contribution is -0.142. The number of Topliss-reactive ketones (excluding diaryl/α,β-unsaturated/α-hetero) is 1. The number of anilines is 3. The van der Waals surface area contributed by atoms with Crippen molar-refractivity contribution in [3.8, 4) is 0 Å². The quantitative estimate of drug-likeness (QED) is 0.217. The van der Waals surface area contributed by atoms with Crippen molar-refractivity contribution >= 4 is 50.6 Å². The van der Waals surface area contributed by atoms with E-state index in [1.54, 1.807) is 13.8 Å². The molecule has 0 bridgehead atoms. The average molecular weight is 428 g/mol. The summed E-state index contributed by atoms with van der Waals surface area (Å²) in [6.07, 6.45) is 0.637. The van der Waals surface area contributed by atoms with Gasteiger partial charge in [0.2, 0.25) is 0 Å². The smallest absolute Gasteiger partial charge is 0.307 e. The number of ether oxygens (including phenoxy) is 1. The molecule has 4 aromatic rings. The van der Waals surface area contributed by atoms with E-state index in [1.165, 1.54) is 0 Å². The standard InChI is InChI=1S/C26H25N3O3/c1-3-25(31)32-16-27-19-13-18(12-17(2)30)14-20(15-19)28-26-21-8-4-6-10-23(21)29-24-11-7-5-9-22(24)26/h4-11,13-15,27H,3,12,16H2,1-2H3,(H,28,29). The second kappa shape index (κ2) is 9.47. The van der Waals surface area contributed by atoms with Crippen molar-refractivity contribution in [2.45, 2.75) is 26.7 Å². The molecule has 6 nitrogen and oxygen atoms in total. The number of benzene rings is 3. The van der Waals surface area contributed by atoms with Crippen molar-refractivity contribution in [3.05, 3.63) is 72.3 Å². The fourth-order valence-corrected chi connectivity index (χ4v) is 3.68. The Kier molecular flexibility index (Phi) is 6.31. The van der Waals surface area contributed by atoms with Crippen LogP contribution in [0.2, 0.25) is 0 Å². The van der Waals surface area contributed by atoms with Crippen LogP contribution in [0.15, 0.2) is 66.7 Å². The molecular formula is C26H25N3O3. The van der Waals surface area contributed by atoms with Gasteiger partial charge in [-0.05, 0) is 42.8 Å². The van der Waals surface area contributed by atoms with Gasteiger partial charge in [-0.15, -0.1) is 0 Å². The average Bonchev–Trinajstić information content (AvgIpc) is 2.78.